The molecule has 1 aliphatic rings. The van der Waals surface area contributed by atoms with E-state index in [9.17, 15) is 5.11 Å². The molecule has 1 aromatic carbocycles. The van der Waals surface area contributed by atoms with Gasteiger partial charge >= 0.3 is 0 Å². The first-order valence-electron chi connectivity index (χ1n) is 4.83. The van der Waals surface area contributed by atoms with E-state index in [0.717, 1.165) is 29.7 Å². The molecule has 0 unspecified atom stereocenters. The second-order valence-corrected chi connectivity index (χ2v) is 3.62. The summed E-state index contributed by atoms with van der Waals surface area (Å²) in [6.45, 7) is 0.0556. The van der Waals surface area contributed by atoms with E-state index in [2.05, 4.69) is 0 Å². The highest BCUT2D eigenvalue weighted by molar-refractivity contribution is 5.49. The van der Waals surface area contributed by atoms with E-state index in [1.807, 2.05) is 12.1 Å². The van der Waals surface area contributed by atoms with Crippen LogP contribution in [0.2, 0.25) is 0 Å². The van der Waals surface area contributed by atoms with Crippen molar-refractivity contribution in [3.63, 3.8) is 0 Å². The Morgan fingerprint density at radius 2 is 2.36 bits per heavy atom. The van der Waals surface area contributed by atoms with Crippen LogP contribution in [0.4, 0.5) is 0 Å². The SMILES string of the molecule is COc1ccc(CO)c2c1CC[C@H]2N. The Labute approximate surface area is 83.5 Å². The van der Waals surface area contributed by atoms with E-state index >= 15 is 0 Å². The molecule has 0 heterocycles. The smallest absolute Gasteiger partial charge is 0.122 e. The predicted molar refractivity (Wildman–Crippen MR) is 54.2 cm³/mol. The molecular weight excluding hydrogens is 178 g/mol. The molecule has 3 N–H and O–H groups in total. The molecule has 0 bridgehead atoms. The van der Waals surface area contributed by atoms with Crippen LogP contribution in [0.3, 0.4) is 0 Å². The van der Waals surface area contributed by atoms with Crippen molar-refractivity contribution in [3.05, 3.63) is 28.8 Å². The average molecular weight is 193 g/mol. The number of fused-ring (bicyclic) bond motifs is 1. The molecule has 2 rings (SSSR count). The summed E-state index contributed by atoms with van der Waals surface area (Å²) in [7, 11) is 1.66. The van der Waals surface area contributed by atoms with Crippen molar-refractivity contribution in [2.45, 2.75) is 25.5 Å². The molecule has 0 saturated heterocycles. The van der Waals surface area contributed by atoms with Gasteiger partial charge in [-0.2, -0.15) is 0 Å². The van der Waals surface area contributed by atoms with Gasteiger partial charge in [-0.05, 0) is 35.6 Å². The van der Waals surface area contributed by atoms with Crippen molar-refractivity contribution in [1.29, 1.82) is 0 Å². The molecule has 0 aliphatic heterocycles. The molecular formula is C11H15NO2. The van der Waals surface area contributed by atoms with Crippen molar-refractivity contribution >= 4 is 0 Å². The van der Waals surface area contributed by atoms with Gasteiger partial charge in [0, 0.05) is 6.04 Å². The number of ether oxygens (including phenoxy) is 1. The van der Waals surface area contributed by atoms with Gasteiger partial charge < -0.3 is 15.6 Å². The van der Waals surface area contributed by atoms with Crippen LogP contribution in [0.25, 0.3) is 0 Å². The first-order chi connectivity index (χ1) is 6.77. The summed E-state index contributed by atoms with van der Waals surface area (Å²) in [5.74, 6) is 0.894. The molecule has 76 valence electrons. The zero-order chi connectivity index (χ0) is 10.1. The van der Waals surface area contributed by atoms with Crippen LogP contribution in [0.5, 0.6) is 5.75 Å². The fourth-order valence-corrected chi connectivity index (χ4v) is 2.19. The average Bonchev–Trinajstić information content (AvgIpc) is 2.60. The van der Waals surface area contributed by atoms with Gasteiger partial charge in [-0.25, -0.2) is 0 Å². The first-order valence-corrected chi connectivity index (χ1v) is 4.83. The molecule has 14 heavy (non-hydrogen) atoms. The van der Waals surface area contributed by atoms with E-state index in [1.54, 1.807) is 7.11 Å². The van der Waals surface area contributed by atoms with Gasteiger partial charge in [0.2, 0.25) is 0 Å². The summed E-state index contributed by atoms with van der Waals surface area (Å²) in [4.78, 5) is 0. The second-order valence-electron chi connectivity index (χ2n) is 3.62. The quantitative estimate of drug-likeness (QED) is 0.740. The number of benzene rings is 1. The summed E-state index contributed by atoms with van der Waals surface area (Å²) in [6, 6.07) is 3.85. The standard InChI is InChI=1S/C11H15NO2/c1-14-10-5-2-7(6-13)11-8(10)3-4-9(11)12/h2,5,9,13H,3-4,6,12H2,1H3/t9-/m1/s1. The van der Waals surface area contributed by atoms with Crippen LogP contribution in [-0.4, -0.2) is 12.2 Å². The van der Waals surface area contributed by atoms with E-state index < -0.39 is 0 Å². The van der Waals surface area contributed by atoms with E-state index in [0.29, 0.717) is 0 Å². The Kier molecular flexibility index (Phi) is 2.44. The minimum Gasteiger partial charge on any atom is -0.496 e. The number of aliphatic hydroxyl groups is 1. The van der Waals surface area contributed by atoms with Gasteiger partial charge in [-0.15, -0.1) is 0 Å². The zero-order valence-corrected chi connectivity index (χ0v) is 8.29. The van der Waals surface area contributed by atoms with Gasteiger partial charge in [0.15, 0.2) is 0 Å². The lowest BCUT2D eigenvalue weighted by Crippen LogP contribution is -2.08. The number of aliphatic hydroxyl groups excluding tert-OH is 1. The largest absolute Gasteiger partial charge is 0.496 e. The number of nitrogens with two attached hydrogens (primary N) is 1. The van der Waals surface area contributed by atoms with Crippen LogP contribution < -0.4 is 10.5 Å². The maximum atomic E-state index is 9.19. The Hall–Kier alpha value is -1.06. The second kappa shape index (κ2) is 3.59. The van der Waals surface area contributed by atoms with Crippen LogP contribution in [0, 0.1) is 0 Å². The lowest BCUT2D eigenvalue weighted by Gasteiger charge is -2.13. The molecule has 0 fully saturated rings. The van der Waals surface area contributed by atoms with E-state index in [4.69, 9.17) is 10.5 Å². The number of hydrogen-bond acceptors (Lipinski definition) is 3. The van der Waals surface area contributed by atoms with Crippen LogP contribution >= 0.6 is 0 Å². The molecule has 0 spiro atoms. The first kappa shape index (κ1) is 9.49. The van der Waals surface area contributed by atoms with Crippen molar-refractivity contribution in [1.82, 2.24) is 0 Å². The van der Waals surface area contributed by atoms with E-state index in [-0.39, 0.29) is 12.6 Å². The molecule has 0 aromatic heterocycles. The summed E-state index contributed by atoms with van der Waals surface area (Å²) in [5.41, 5.74) is 9.18. The summed E-state index contributed by atoms with van der Waals surface area (Å²) >= 11 is 0. The highest BCUT2D eigenvalue weighted by atomic mass is 16.5. The maximum Gasteiger partial charge on any atom is 0.122 e. The third kappa shape index (κ3) is 1.29. The van der Waals surface area contributed by atoms with Crippen molar-refractivity contribution in [2.24, 2.45) is 5.73 Å². The van der Waals surface area contributed by atoms with Crippen molar-refractivity contribution in [3.8, 4) is 5.75 Å². The Bertz CT molecular complexity index is 349. The van der Waals surface area contributed by atoms with Crippen molar-refractivity contribution in [2.75, 3.05) is 7.11 Å². The monoisotopic (exact) mass is 193 g/mol. The summed E-state index contributed by atoms with van der Waals surface area (Å²) in [6.07, 6.45) is 1.90. The highest BCUT2D eigenvalue weighted by Gasteiger charge is 2.24. The predicted octanol–water partition coefficient (Wildman–Crippen LogP) is 1.13. The minimum atomic E-state index is 0.0556. The van der Waals surface area contributed by atoms with E-state index in [1.165, 1.54) is 5.56 Å². The molecule has 3 heteroatoms. The van der Waals surface area contributed by atoms with Gasteiger partial charge in [0.25, 0.3) is 0 Å². The van der Waals surface area contributed by atoms with Crippen molar-refractivity contribution < 1.29 is 9.84 Å². The van der Waals surface area contributed by atoms with Crippen LogP contribution in [-0.2, 0) is 13.0 Å². The van der Waals surface area contributed by atoms with Gasteiger partial charge in [-0.1, -0.05) is 6.07 Å². The van der Waals surface area contributed by atoms with Crippen LogP contribution in [0.1, 0.15) is 29.2 Å². The molecule has 0 amide bonds. The Morgan fingerprint density at radius 1 is 1.57 bits per heavy atom. The number of hydrogen-bond donors (Lipinski definition) is 2. The lowest BCUT2D eigenvalue weighted by atomic mass is 10.0. The molecule has 1 atom stereocenters. The zero-order valence-electron chi connectivity index (χ0n) is 8.29. The van der Waals surface area contributed by atoms with Gasteiger partial charge in [0.1, 0.15) is 5.75 Å². The summed E-state index contributed by atoms with van der Waals surface area (Å²) in [5, 5.41) is 9.19. The molecule has 0 radical (unpaired) electrons. The fraction of sp³-hybridized carbons (Fsp3) is 0.455. The molecule has 1 aliphatic carbocycles. The topological polar surface area (TPSA) is 55.5 Å². The molecule has 1 aromatic rings. The Balaban J connectivity index is 2.56. The molecule has 3 nitrogen and oxygen atoms in total. The van der Waals surface area contributed by atoms with Gasteiger partial charge in [-0.3, -0.25) is 0 Å². The lowest BCUT2D eigenvalue weighted by molar-refractivity contribution is 0.280. The third-order valence-corrected chi connectivity index (χ3v) is 2.87. The third-order valence-electron chi connectivity index (χ3n) is 2.87. The maximum absolute atomic E-state index is 9.19. The normalized spacial score (nSPS) is 19.5. The Morgan fingerprint density at radius 3 is 3.00 bits per heavy atom. The number of rotatable bonds is 2. The van der Waals surface area contributed by atoms with Crippen LogP contribution in [0.15, 0.2) is 12.1 Å². The van der Waals surface area contributed by atoms with Gasteiger partial charge in [0.05, 0.1) is 13.7 Å². The number of methoxy groups -OCH3 is 1. The molecule has 0 saturated carbocycles. The minimum absolute atomic E-state index is 0.0556. The summed E-state index contributed by atoms with van der Waals surface area (Å²) < 4.78 is 5.27. The highest BCUT2D eigenvalue weighted by Crippen LogP contribution is 2.37. The fourth-order valence-electron chi connectivity index (χ4n) is 2.19.